The number of nitrogens with zero attached hydrogens (tertiary/aromatic N) is 3. The summed E-state index contributed by atoms with van der Waals surface area (Å²) in [6.45, 7) is 3.33. The van der Waals surface area contributed by atoms with Crippen molar-refractivity contribution in [2.75, 3.05) is 19.8 Å². The van der Waals surface area contributed by atoms with Gasteiger partial charge in [-0.05, 0) is 48.2 Å². The van der Waals surface area contributed by atoms with Crippen LogP contribution < -0.4 is 9.47 Å². The zero-order chi connectivity index (χ0) is 18.8. The number of ether oxygens (including phenoxy) is 2. The van der Waals surface area contributed by atoms with E-state index in [-0.39, 0.29) is 0 Å². The molecule has 0 aliphatic carbocycles. The summed E-state index contributed by atoms with van der Waals surface area (Å²) in [5.74, 6) is 1.74. The van der Waals surface area contributed by atoms with Gasteiger partial charge in [0, 0.05) is 30.5 Å². The quantitative estimate of drug-likeness (QED) is 0.684. The summed E-state index contributed by atoms with van der Waals surface area (Å²) in [6, 6.07) is 15.6. The highest BCUT2D eigenvalue weighted by Gasteiger charge is 2.27. The van der Waals surface area contributed by atoms with Gasteiger partial charge in [-0.2, -0.15) is 0 Å². The fourth-order valence-electron chi connectivity index (χ4n) is 4.15. The Kier molecular flexibility index (Phi) is 4.67. The van der Waals surface area contributed by atoms with Crippen LogP contribution in [0.1, 0.15) is 30.0 Å². The fourth-order valence-corrected chi connectivity index (χ4v) is 4.15. The van der Waals surface area contributed by atoms with Crippen molar-refractivity contribution in [1.29, 1.82) is 0 Å². The SMILES string of the molecule is c1ncc(-c2ccc(CN3CCCC3c3ccc4c(c3)OCCO4)cc2)cn1. The van der Waals surface area contributed by atoms with Crippen LogP contribution in [0, 0.1) is 0 Å². The molecule has 3 aromatic rings. The second kappa shape index (κ2) is 7.60. The van der Waals surface area contributed by atoms with Crippen LogP contribution in [0.4, 0.5) is 0 Å². The van der Waals surface area contributed by atoms with E-state index in [2.05, 4.69) is 57.3 Å². The first kappa shape index (κ1) is 17.2. The Balaban J connectivity index is 1.32. The highest BCUT2D eigenvalue weighted by molar-refractivity contribution is 5.61. The third kappa shape index (κ3) is 3.45. The Bertz CT molecular complexity index is 944. The summed E-state index contributed by atoms with van der Waals surface area (Å²) < 4.78 is 11.4. The van der Waals surface area contributed by atoms with E-state index >= 15 is 0 Å². The van der Waals surface area contributed by atoms with Crippen LogP contribution in [0.25, 0.3) is 11.1 Å². The van der Waals surface area contributed by atoms with Gasteiger partial charge in [0.25, 0.3) is 0 Å². The molecular formula is C23H23N3O2. The zero-order valence-electron chi connectivity index (χ0n) is 15.8. The van der Waals surface area contributed by atoms with Gasteiger partial charge in [0.1, 0.15) is 19.5 Å². The minimum Gasteiger partial charge on any atom is -0.486 e. The minimum absolute atomic E-state index is 0.429. The standard InChI is InChI=1S/C23H23N3O2/c1-2-21(19-7-8-22-23(12-19)28-11-10-27-22)26(9-1)15-17-3-5-18(6-4-17)20-13-24-16-25-14-20/h3-8,12-14,16,21H,1-2,9-11,15H2. The van der Waals surface area contributed by atoms with E-state index in [4.69, 9.17) is 9.47 Å². The fraction of sp³-hybridized carbons (Fsp3) is 0.304. The predicted octanol–water partition coefficient (Wildman–Crippen LogP) is 4.25. The van der Waals surface area contributed by atoms with Crippen LogP contribution in [0.2, 0.25) is 0 Å². The van der Waals surface area contributed by atoms with Gasteiger partial charge in [0.15, 0.2) is 11.5 Å². The van der Waals surface area contributed by atoms with Gasteiger partial charge in [-0.1, -0.05) is 30.3 Å². The molecule has 142 valence electrons. The molecule has 5 nitrogen and oxygen atoms in total. The first-order valence-electron chi connectivity index (χ1n) is 9.85. The van der Waals surface area contributed by atoms with E-state index in [1.165, 1.54) is 24.0 Å². The first-order chi connectivity index (χ1) is 13.9. The van der Waals surface area contributed by atoms with Crippen molar-refractivity contribution in [1.82, 2.24) is 14.9 Å². The van der Waals surface area contributed by atoms with Gasteiger partial charge in [-0.15, -0.1) is 0 Å². The van der Waals surface area contributed by atoms with Crippen LogP contribution in [-0.2, 0) is 6.54 Å². The monoisotopic (exact) mass is 373 g/mol. The third-order valence-electron chi connectivity index (χ3n) is 5.55. The molecule has 3 heterocycles. The maximum atomic E-state index is 5.78. The number of benzene rings is 2. The molecule has 1 aromatic heterocycles. The topological polar surface area (TPSA) is 47.5 Å². The lowest BCUT2D eigenvalue weighted by atomic mass is 10.0. The zero-order valence-corrected chi connectivity index (χ0v) is 15.8. The molecule has 5 heteroatoms. The van der Waals surface area contributed by atoms with E-state index in [9.17, 15) is 0 Å². The molecule has 2 aliphatic rings. The van der Waals surface area contributed by atoms with Crippen molar-refractivity contribution in [2.45, 2.75) is 25.4 Å². The molecule has 2 aromatic carbocycles. The first-order valence-corrected chi connectivity index (χ1v) is 9.85. The summed E-state index contributed by atoms with van der Waals surface area (Å²) in [5, 5.41) is 0. The molecule has 0 saturated carbocycles. The Labute approximate surface area is 165 Å². The number of hydrogen-bond donors (Lipinski definition) is 0. The Hall–Kier alpha value is -2.92. The van der Waals surface area contributed by atoms with Crippen LogP contribution in [0.3, 0.4) is 0 Å². The smallest absolute Gasteiger partial charge is 0.161 e. The highest BCUT2D eigenvalue weighted by atomic mass is 16.6. The molecule has 0 bridgehead atoms. The maximum absolute atomic E-state index is 5.78. The Morgan fingerprint density at radius 3 is 2.50 bits per heavy atom. The molecule has 1 atom stereocenters. The lowest BCUT2D eigenvalue weighted by Gasteiger charge is -2.26. The normalized spacial score (nSPS) is 18.9. The summed E-state index contributed by atoms with van der Waals surface area (Å²) in [4.78, 5) is 10.8. The minimum atomic E-state index is 0.429. The van der Waals surface area contributed by atoms with Crippen molar-refractivity contribution in [2.24, 2.45) is 0 Å². The summed E-state index contributed by atoms with van der Waals surface area (Å²) in [5.41, 5.74) is 4.84. The van der Waals surface area contributed by atoms with E-state index < -0.39 is 0 Å². The highest BCUT2D eigenvalue weighted by Crippen LogP contribution is 2.38. The van der Waals surface area contributed by atoms with Gasteiger partial charge in [-0.3, -0.25) is 4.90 Å². The molecular weight excluding hydrogens is 350 g/mol. The number of likely N-dealkylation sites (tertiary alicyclic amines) is 1. The predicted molar refractivity (Wildman–Crippen MR) is 107 cm³/mol. The van der Waals surface area contributed by atoms with E-state index in [0.717, 1.165) is 35.7 Å². The van der Waals surface area contributed by atoms with Gasteiger partial charge >= 0.3 is 0 Å². The Morgan fingerprint density at radius 2 is 1.68 bits per heavy atom. The van der Waals surface area contributed by atoms with Crippen molar-refractivity contribution in [3.63, 3.8) is 0 Å². The van der Waals surface area contributed by atoms with Crippen molar-refractivity contribution < 1.29 is 9.47 Å². The average Bonchev–Trinajstić information content (AvgIpc) is 3.23. The number of fused-ring (bicyclic) bond motifs is 1. The molecule has 28 heavy (non-hydrogen) atoms. The van der Waals surface area contributed by atoms with Crippen molar-refractivity contribution >= 4 is 0 Å². The van der Waals surface area contributed by atoms with E-state index in [1.54, 1.807) is 6.33 Å². The summed E-state index contributed by atoms with van der Waals surface area (Å²) in [6.07, 6.45) is 7.65. The van der Waals surface area contributed by atoms with Gasteiger partial charge < -0.3 is 9.47 Å². The molecule has 0 radical (unpaired) electrons. The average molecular weight is 373 g/mol. The lowest BCUT2D eigenvalue weighted by molar-refractivity contribution is 0.170. The Morgan fingerprint density at radius 1 is 0.893 bits per heavy atom. The maximum Gasteiger partial charge on any atom is 0.161 e. The summed E-state index contributed by atoms with van der Waals surface area (Å²) >= 11 is 0. The second-order valence-electron chi connectivity index (χ2n) is 7.36. The van der Waals surface area contributed by atoms with Gasteiger partial charge in [0.05, 0.1) is 0 Å². The number of aromatic nitrogens is 2. The molecule has 2 aliphatic heterocycles. The lowest BCUT2D eigenvalue weighted by Crippen LogP contribution is -2.23. The largest absolute Gasteiger partial charge is 0.486 e. The van der Waals surface area contributed by atoms with E-state index in [0.29, 0.717) is 19.3 Å². The van der Waals surface area contributed by atoms with Gasteiger partial charge in [0.2, 0.25) is 0 Å². The molecule has 1 saturated heterocycles. The molecule has 0 spiro atoms. The molecule has 5 rings (SSSR count). The third-order valence-corrected chi connectivity index (χ3v) is 5.55. The van der Waals surface area contributed by atoms with Crippen LogP contribution >= 0.6 is 0 Å². The van der Waals surface area contributed by atoms with Gasteiger partial charge in [-0.25, -0.2) is 9.97 Å². The molecule has 0 amide bonds. The van der Waals surface area contributed by atoms with Crippen LogP contribution in [0.15, 0.2) is 61.2 Å². The number of hydrogen-bond acceptors (Lipinski definition) is 5. The van der Waals surface area contributed by atoms with Crippen LogP contribution in [-0.4, -0.2) is 34.6 Å². The van der Waals surface area contributed by atoms with Crippen LogP contribution in [0.5, 0.6) is 11.5 Å². The molecule has 1 unspecified atom stereocenters. The molecule has 0 N–H and O–H groups in total. The van der Waals surface area contributed by atoms with Crippen molar-refractivity contribution in [3.8, 4) is 22.6 Å². The number of rotatable bonds is 4. The van der Waals surface area contributed by atoms with E-state index in [1.807, 2.05) is 12.4 Å². The summed E-state index contributed by atoms with van der Waals surface area (Å²) in [7, 11) is 0. The second-order valence-corrected chi connectivity index (χ2v) is 7.36. The van der Waals surface area contributed by atoms with Crippen molar-refractivity contribution in [3.05, 3.63) is 72.3 Å². The molecule has 1 fully saturated rings.